The highest BCUT2D eigenvalue weighted by Crippen LogP contribution is 2.28. The molecule has 1 aromatic carbocycles. The van der Waals surface area contributed by atoms with Crippen LogP contribution in [0.4, 0.5) is 5.69 Å². The molecule has 7 heteroatoms. The lowest BCUT2D eigenvalue weighted by atomic mass is 10.1. The Morgan fingerprint density at radius 1 is 1.38 bits per heavy atom. The molecule has 1 aliphatic heterocycles. The highest BCUT2D eigenvalue weighted by Gasteiger charge is 2.17. The Morgan fingerprint density at radius 2 is 2.24 bits per heavy atom. The van der Waals surface area contributed by atoms with Gasteiger partial charge >= 0.3 is 0 Å². The van der Waals surface area contributed by atoms with E-state index in [1.54, 1.807) is 25.3 Å². The number of methoxy groups -OCH3 is 1. The van der Waals surface area contributed by atoms with Crippen molar-refractivity contribution in [2.45, 2.75) is 0 Å². The van der Waals surface area contributed by atoms with Gasteiger partial charge in [0.1, 0.15) is 5.75 Å². The number of amides is 2. The van der Waals surface area contributed by atoms with Crippen molar-refractivity contribution in [2.24, 2.45) is 0 Å². The third-order valence-electron chi connectivity index (χ3n) is 2.95. The predicted molar refractivity (Wildman–Crippen MR) is 77.6 cm³/mol. The number of fused-ring (bicyclic) bond motifs is 1. The van der Waals surface area contributed by atoms with Crippen molar-refractivity contribution in [3.05, 3.63) is 23.8 Å². The van der Waals surface area contributed by atoms with E-state index < -0.39 is 0 Å². The van der Waals surface area contributed by atoms with Gasteiger partial charge in [0.15, 0.2) is 6.61 Å². The van der Waals surface area contributed by atoms with Crippen molar-refractivity contribution in [2.75, 3.05) is 45.3 Å². The van der Waals surface area contributed by atoms with Crippen LogP contribution in [0.3, 0.4) is 0 Å². The average Bonchev–Trinajstić information content (AvgIpc) is 2.50. The topological polar surface area (TPSA) is 88.7 Å². The number of nitrogens with one attached hydrogen (secondary N) is 3. The zero-order valence-corrected chi connectivity index (χ0v) is 11.9. The molecule has 1 aromatic rings. The monoisotopic (exact) mass is 293 g/mol. The van der Waals surface area contributed by atoms with Crippen molar-refractivity contribution in [1.29, 1.82) is 0 Å². The number of hydrogen-bond acceptors (Lipinski definition) is 5. The van der Waals surface area contributed by atoms with Gasteiger partial charge in [-0.15, -0.1) is 0 Å². The molecule has 1 aliphatic rings. The van der Waals surface area contributed by atoms with Crippen LogP contribution in [0, 0.1) is 0 Å². The van der Waals surface area contributed by atoms with E-state index in [0.717, 1.165) is 6.54 Å². The molecule has 1 heterocycles. The van der Waals surface area contributed by atoms with E-state index in [4.69, 9.17) is 9.47 Å². The summed E-state index contributed by atoms with van der Waals surface area (Å²) in [6, 6.07) is 4.95. The highest BCUT2D eigenvalue weighted by atomic mass is 16.5. The molecule has 0 unspecified atom stereocenters. The van der Waals surface area contributed by atoms with Gasteiger partial charge in [0, 0.05) is 32.3 Å². The van der Waals surface area contributed by atoms with Crippen LogP contribution in [0.5, 0.6) is 5.75 Å². The summed E-state index contributed by atoms with van der Waals surface area (Å²) in [4.78, 5) is 23.1. The molecule has 0 bridgehead atoms. The number of ether oxygens (including phenoxy) is 2. The standard InChI is InChI=1S/C14H19N3O4/c1-20-7-6-15-4-5-16-14(19)10-2-3-11-12(8-10)21-9-13(18)17-11/h2-3,8,15H,4-7,9H2,1H3,(H,16,19)(H,17,18). The van der Waals surface area contributed by atoms with E-state index in [1.807, 2.05) is 0 Å². The molecular weight excluding hydrogens is 274 g/mol. The van der Waals surface area contributed by atoms with Crippen LogP contribution in [0.25, 0.3) is 0 Å². The first-order valence-electron chi connectivity index (χ1n) is 6.75. The summed E-state index contributed by atoms with van der Waals surface area (Å²) in [7, 11) is 1.64. The van der Waals surface area contributed by atoms with Crippen molar-refractivity contribution < 1.29 is 19.1 Å². The molecule has 0 aliphatic carbocycles. The summed E-state index contributed by atoms with van der Waals surface area (Å²) in [6.07, 6.45) is 0. The molecule has 0 saturated carbocycles. The molecular formula is C14H19N3O4. The Labute approximate surface area is 123 Å². The minimum Gasteiger partial charge on any atom is -0.482 e. The smallest absolute Gasteiger partial charge is 0.262 e. The fourth-order valence-corrected chi connectivity index (χ4v) is 1.88. The van der Waals surface area contributed by atoms with Crippen LogP contribution >= 0.6 is 0 Å². The lowest BCUT2D eigenvalue weighted by Crippen LogP contribution is -2.33. The Balaban J connectivity index is 1.81. The van der Waals surface area contributed by atoms with Crippen molar-refractivity contribution in [3.8, 4) is 5.75 Å². The fraction of sp³-hybridized carbons (Fsp3) is 0.429. The first-order valence-corrected chi connectivity index (χ1v) is 6.75. The van der Waals surface area contributed by atoms with Gasteiger partial charge in [0.25, 0.3) is 11.8 Å². The zero-order valence-electron chi connectivity index (χ0n) is 11.9. The SMILES string of the molecule is COCCNCCNC(=O)c1ccc2c(c1)OCC(=O)N2. The van der Waals surface area contributed by atoms with E-state index in [1.165, 1.54) is 0 Å². The van der Waals surface area contributed by atoms with E-state index in [9.17, 15) is 9.59 Å². The zero-order chi connectivity index (χ0) is 15.1. The molecule has 21 heavy (non-hydrogen) atoms. The largest absolute Gasteiger partial charge is 0.482 e. The summed E-state index contributed by atoms with van der Waals surface area (Å²) < 4.78 is 10.2. The van der Waals surface area contributed by atoms with Gasteiger partial charge in [-0.1, -0.05) is 0 Å². The van der Waals surface area contributed by atoms with Crippen LogP contribution in [0.1, 0.15) is 10.4 Å². The first-order chi connectivity index (χ1) is 10.2. The lowest BCUT2D eigenvalue weighted by molar-refractivity contribution is -0.118. The Kier molecular flexibility index (Phi) is 5.53. The summed E-state index contributed by atoms with van der Waals surface area (Å²) in [6.45, 7) is 2.56. The van der Waals surface area contributed by atoms with E-state index in [2.05, 4.69) is 16.0 Å². The second-order valence-electron chi connectivity index (χ2n) is 4.55. The number of benzene rings is 1. The van der Waals surface area contributed by atoms with Crippen LogP contribution in [-0.4, -0.2) is 51.8 Å². The molecule has 2 rings (SSSR count). The van der Waals surface area contributed by atoms with Crippen LogP contribution in [0.2, 0.25) is 0 Å². The third-order valence-corrected chi connectivity index (χ3v) is 2.95. The van der Waals surface area contributed by atoms with E-state index >= 15 is 0 Å². The Hall–Kier alpha value is -2.12. The lowest BCUT2D eigenvalue weighted by Gasteiger charge is -2.18. The fourth-order valence-electron chi connectivity index (χ4n) is 1.88. The van der Waals surface area contributed by atoms with Crippen LogP contribution in [0.15, 0.2) is 18.2 Å². The van der Waals surface area contributed by atoms with Gasteiger partial charge in [0.2, 0.25) is 0 Å². The van der Waals surface area contributed by atoms with Crippen molar-refractivity contribution >= 4 is 17.5 Å². The highest BCUT2D eigenvalue weighted by molar-refractivity contribution is 5.98. The second-order valence-corrected chi connectivity index (χ2v) is 4.55. The molecule has 114 valence electrons. The molecule has 2 amide bonds. The third kappa shape index (κ3) is 4.44. The molecule has 0 aromatic heterocycles. The predicted octanol–water partition coefficient (Wildman–Crippen LogP) is -0.0167. The number of anilines is 1. The maximum absolute atomic E-state index is 12.0. The first kappa shape index (κ1) is 15.3. The van der Waals surface area contributed by atoms with Gasteiger partial charge in [-0.2, -0.15) is 0 Å². The van der Waals surface area contributed by atoms with Crippen LogP contribution in [-0.2, 0) is 9.53 Å². The van der Waals surface area contributed by atoms with Gasteiger partial charge in [-0.3, -0.25) is 9.59 Å². The quantitative estimate of drug-likeness (QED) is 0.615. The minimum atomic E-state index is -0.193. The summed E-state index contributed by atoms with van der Waals surface area (Å²) in [5, 5.41) is 8.62. The van der Waals surface area contributed by atoms with Crippen LogP contribution < -0.4 is 20.7 Å². The van der Waals surface area contributed by atoms with E-state index in [0.29, 0.717) is 36.7 Å². The molecule has 0 saturated heterocycles. The second kappa shape index (κ2) is 7.61. The number of hydrogen-bond donors (Lipinski definition) is 3. The molecule has 7 nitrogen and oxygen atoms in total. The number of rotatable bonds is 7. The summed E-state index contributed by atoms with van der Waals surface area (Å²) in [5.74, 6) is 0.147. The molecule has 0 fully saturated rings. The van der Waals surface area contributed by atoms with E-state index in [-0.39, 0.29) is 18.4 Å². The molecule has 0 radical (unpaired) electrons. The normalized spacial score (nSPS) is 13.1. The van der Waals surface area contributed by atoms with Gasteiger partial charge < -0.3 is 25.4 Å². The minimum absolute atomic E-state index is 0.0263. The van der Waals surface area contributed by atoms with Gasteiger partial charge in [-0.05, 0) is 18.2 Å². The van der Waals surface area contributed by atoms with Gasteiger partial charge in [0.05, 0.1) is 12.3 Å². The molecule has 0 spiro atoms. The number of carbonyl (C=O) groups excluding carboxylic acids is 2. The Morgan fingerprint density at radius 3 is 3.05 bits per heavy atom. The molecule has 0 atom stereocenters. The maximum atomic E-state index is 12.0. The molecule has 3 N–H and O–H groups in total. The van der Waals surface area contributed by atoms with Gasteiger partial charge in [-0.25, -0.2) is 0 Å². The summed E-state index contributed by atoms with van der Waals surface area (Å²) >= 11 is 0. The average molecular weight is 293 g/mol. The number of carbonyl (C=O) groups is 2. The maximum Gasteiger partial charge on any atom is 0.262 e. The van der Waals surface area contributed by atoms with Crippen molar-refractivity contribution in [3.63, 3.8) is 0 Å². The van der Waals surface area contributed by atoms with Crippen molar-refractivity contribution in [1.82, 2.24) is 10.6 Å². The summed E-state index contributed by atoms with van der Waals surface area (Å²) in [5.41, 5.74) is 1.09. The Bertz CT molecular complexity index is 519.